The third kappa shape index (κ3) is 3.87. The Morgan fingerprint density at radius 3 is 1.02 bits per heavy atom. The van der Waals surface area contributed by atoms with Gasteiger partial charge in [-0.3, -0.25) is 0 Å². The largest absolute Gasteiger partial charge is 0.309 e. The van der Waals surface area contributed by atoms with E-state index in [-0.39, 0.29) is 0 Å². The van der Waals surface area contributed by atoms with Gasteiger partial charge in [0, 0.05) is 32.9 Å². The van der Waals surface area contributed by atoms with Crippen molar-refractivity contribution in [1.29, 1.82) is 0 Å². The Bertz CT molecular complexity index is 2690. The van der Waals surface area contributed by atoms with Crippen LogP contribution in [0.4, 0.5) is 0 Å². The summed E-state index contributed by atoms with van der Waals surface area (Å²) in [6, 6.07) is 72.5. The van der Waals surface area contributed by atoms with E-state index < -0.39 is 8.07 Å². The van der Waals surface area contributed by atoms with Crippen LogP contribution >= 0.6 is 0 Å². The first kappa shape index (κ1) is 28.4. The van der Waals surface area contributed by atoms with E-state index in [0.29, 0.717) is 0 Å². The Balaban J connectivity index is 1.23. The van der Waals surface area contributed by atoms with Crippen molar-refractivity contribution in [2.45, 2.75) is 0 Å². The molecule has 0 aliphatic carbocycles. The molecule has 0 fully saturated rings. The molecule has 51 heavy (non-hydrogen) atoms. The molecule has 0 saturated heterocycles. The fourth-order valence-electron chi connectivity index (χ4n) is 9.18. The zero-order valence-corrected chi connectivity index (χ0v) is 28.9. The van der Waals surface area contributed by atoms with Crippen molar-refractivity contribution in [1.82, 2.24) is 9.13 Å². The quantitative estimate of drug-likeness (QED) is 0.166. The van der Waals surface area contributed by atoms with Crippen molar-refractivity contribution in [3.8, 4) is 22.5 Å². The van der Waals surface area contributed by atoms with E-state index in [4.69, 9.17) is 0 Å². The number of nitrogens with zero attached hydrogens (tertiary/aromatic N) is 2. The Hall–Kier alpha value is -6.42. The lowest BCUT2D eigenvalue weighted by Crippen LogP contribution is -2.72. The van der Waals surface area contributed by atoms with Gasteiger partial charge in [0.2, 0.25) is 0 Å². The molecule has 3 heterocycles. The number of para-hydroxylation sites is 4. The fourth-order valence-corrected chi connectivity index (χ4v) is 14.4. The van der Waals surface area contributed by atoms with Gasteiger partial charge in [-0.2, -0.15) is 0 Å². The highest BCUT2D eigenvalue weighted by Crippen LogP contribution is 2.35. The summed E-state index contributed by atoms with van der Waals surface area (Å²) in [6.45, 7) is 0. The smallest absolute Gasteiger partial charge is 0.181 e. The Kier molecular flexibility index (Phi) is 6.01. The lowest BCUT2D eigenvalue weighted by atomic mass is 10.1. The molecule has 238 valence electrons. The minimum atomic E-state index is -2.81. The van der Waals surface area contributed by atoms with Gasteiger partial charge in [0.15, 0.2) is 8.07 Å². The molecule has 0 N–H and O–H groups in total. The van der Waals surface area contributed by atoms with Crippen LogP contribution in [-0.2, 0) is 0 Å². The number of aromatic nitrogens is 2. The Morgan fingerprint density at radius 1 is 0.294 bits per heavy atom. The summed E-state index contributed by atoms with van der Waals surface area (Å²) >= 11 is 0. The second-order valence-corrected chi connectivity index (χ2v) is 17.4. The van der Waals surface area contributed by atoms with Crippen molar-refractivity contribution < 1.29 is 0 Å². The predicted octanol–water partition coefficient (Wildman–Crippen LogP) is 9.24. The van der Waals surface area contributed by atoms with Crippen LogP contribution in [0.15, 0.2) is 194 Å². The van der Waals surface area contributed by atoms with Gasteiger partial charge in [0.05, 0.1) is 22.1 Å². The molecule has 0 unspecified atom stereocenters. The number of fused-ring (bicyclic) bond motifs is 9. The summed E-state index contributed by atoms with van der Waals surface area (Å²) in [7, 11) is -2.81. The van der Waals surface area contributed by atoms with E-state index in [1.54, 1.807) is 0 Å². The third-order valence-electron chi connectivity index (χ3n) is 11.2. The molecule has 0 bridgehead atoms. The van der Waals surface area contributed by atoms with Gasteiger partial charge < -0.3 is 9.13 Å². The van der Waals surface area contributed by atoms with Gasteiger partial charge in [-0.05, 0) is 80.4 Å². The molecule has 1 aliphatic rings. The first-order chi connectivity index (χ1) is 25.3. The molecular formula is C48H32N2Si. The number of hydrogen-bond donors (Lipinski definition) is 0. The Morgan fingerprint density at radius 2 is 0.627 bits per heavy atom. The Labute approximate surface area is 297 Å². The van der Waals surface area contributed by atoms with Crippen LogP contribution in [-0.4, -0.2) is 17.2 Å². The molecule has 0 radical (unpaired) electrons. The maximum atomic E-state index is 2.50. The average Bonchev–Trinajstić information content (AvgIpc) is 3.83. The normalized spacial score (nSPS) is 13.3. The van der Waals surface area contributed by atoms with Crippen molar-refractivity contribution in [2.24, 2.45) is 0 Å². The van der Waals surface area contributed by atoms with E-state index in [1.165, 1.54) is 86.9 Å². The van der Waals surface area contributed by atoms with Gasteiger partial charge in [-0.25, -0.2) is 0 Å². The summed E-state index contributed by atoms with van der Waals surface area (Å²) in [5.41, 5.74) is 10.0. The van der Waals surface area contributed by atoms with Crippen molar-refractivity contribution in [2.75, 3.05) is 0 Å². The highest BCUT2D eigenvalue weighted by Gasteiger charge is 2.48. The number of hydrogen-bond acceptors (Lipinski definition) is 0. The molecule has 11 rings (SSSR count). The van der Waals surface area contributed by atoms with Crippen LogP contribution in [0.1, 0.15) is 0 Å². The zero-order chi connectivity index (χ0) is 33.5. The lowest BCUT2D eigenvalue weighted by Gasteiger charge is -2.32. The summed E-state index contributed by atoms with van der Waals surface area (Å²) in [6.07, 6.45) is 0. The second kappa shape index (κ2) is 10.8. The van der Waals surface area contributed by atoms with Crippen LogP contribution in [0, 0.1) is 0 Å². The monoisotopic (exact) mass is 664 g/mol. The maximum Gasteiger partial charge on any atom is 0.181 e. The lowest BCUT2D eigenvalue weighted by molar-refractivity contribution is 1.18. The molecule has 0 amide bonds. The fraction of sp³-hybridized carbons (Fsp3) is 0. The molecular weight excluding hydrogens is 633 g/mol. The average molecular weight is 665 g/mol. The van der Waals surface area contributed by atoms with Crippen LogP contribution in [0.2, 0.25) is 0 Å². The zero-order valence-electron chi connectivity index (χ0n) is 27.9. The second-order valence-electron chi connectivity index (χ2n) is 13.7. The number of rotatable bonds is 4. The van der Waals surface area contributed by atoms with Gasteiger partial charge in [-0.15, -0.1) is 0 Å². The van der Waals surface area contributed by atoms with E-state index in [1.807, 2.05) is 0 Å². The maximum absolute atomic E-state index is 2.81. The van der Waals surface area contributed by atoms with Crippen LogP contribution in [0.3, 0.4) is 0 Å². The van der Waals surface area contributed by atoms with Crippen LogP contribution < -0.4 is 20.7 Å². The molecule has 2 nitrogen and oxygen atoms in total. The van der Waals surface area contributed by atoms with Gasteiger partial charge in [-0.1, -0.05) is 146 Å². The minimum absolute atomic E-state index is 1.19. The SMILES string of the molecule is c1cc(-n2c3ccccc3c3ccccc32)cc([Si]2(c3cccc(-n4c5ccccc5c5ccccc54)c3)c3ccccc3-c3ccccc32)c1. The minimum Gasteiger partial charge on any atom is -0.309 e. The molecule has 8 aromatic carbocycles. The summed E-state index contributed by atoms with van der Waals surface area (Å²) in [5.74, 6) is 0. The summed E-state index contributed by atoms with van der Waals surface area (Å²) < 4.78 is 4.91. The van der Waals surface area contributed by atoms with Gasteiger partial charge in [0.25, 0.3) is 0 Å². The standard InChI is InChI=1S/C48H32N2Si/c1-7-25-43-37(19-1)38-20-2-8-26-44(38)49(43)33-15-13-17-35(31-33)51(47-29-11-5-23-41(47)42-24-6-12-30-48(42)51)36-18-14-16-34(32-36)50-45-27-9-3-21-39(45)40-22-4-10-28-46(40)50/h1-32H. The van der Waals surface area contributed by atoms with Gasteiger partial charge >= 0.3 is 0 Å². The van der Waals surface area contributed by atoms with E-state index >= 15 is 0 Å². The highest BCUT2D eigenvalue weighted by atomic mass is 28.3. The van der Waals surface area contributed by atoms with Crippen LogP contribution in [0.25, 0.3) is 66.1 Å². The van der Waals surface area contributed by atoms with Crippen molar-refractivity contribution >= 4 is 72.4 Å². The topological polar surface area (TPSA) is 9.86 Å². The molecule has 10 aromatic rings. The number of benzene rings is 8. The highest BCUT2D eigenvalue weighted by molar-refractivity contribution is 7.22. The van der Waals surface area contributed by atoms with E-state index in [9.17, 15) is 0 Å². The predicted molar refractivity (Wildman–Crippen MR) is 218 cm³/mol. The molecule has 0 spiro atoms. The van der Waals surface area contributed by atoms with Crippen LogP contribution in [0.5, 0.6) is 0 Å². The summed E-state index contributed by atoms with van der Waals surface area (Å²) in [4.78, 5) is 0. The van der Waals surface area contributed by atoms with E-state index in [2.05, 4.69) is 203 Å². The first-order valence-electron chi connectivity index (χ1n) is 17.7. The van der Waals surface area contributed by atoms with Crippen molar-refractivity contribution in [3.63, 3.8) is 0 Å². The molecule has 3 heteroatoms. The van der Waals surface area contributed by atoms with Crippen molar-refractivity contribution in [3.05, 3.63) is 194 Å². The molecule has 1 aliphatic heterocycles. The molecule has 0 atom stereocenters. The van der Waals surface area contributed by atoms with E-state index in [0.717, 1.165) is 0 Å². The third-order valence-corrected chi connectivity index (χ3v) is 16.0. The molecule has 2 aromatic heterocycles. The first-order valence-corrected chi connectivity index (χ1v) is 19.7. The molecule has 0 saturated carbocycles. The summed E-state index contributed by atoms with van der Waals surface area (Å²) in [5, 5.41) is 10.8. The van der Waals surface area contributed by atoms with Gasteiger partial charge in [0.1, 0.15) is 0 Å².